The highest BCUT2D eigenvalue weighted by molar-refractivity contribution is 6.33. The number of carbonyl (C=O) groups excluding carboxylic acids is 1. The van der Waals surface area contributed by atoms with Crippen LogP contribution in [0.15, 0.2) is 52.6 Å². The fraction of sp³-hybridized carbons (Fsp3) is 0.300. The van der Waals surface area contributed by atoms with Crippen molar-refractivity contribution in [1.29, 1.82) is 0 Å². The summed E-state index contributed by atoms with van der Waals surface area (Å²) >= 11 is 6.34. The Morgan fingerprint density at radius 1 is 1.21 bits per heavy atom. The van der Waals surface area contributed by atoms with Gasteiger partial charge >= 0.3 is 5.91 Å². The van der Waals surface area contributed by atoms with Crippen LogP contribution in [-0.2, 0) is 9.53 Å². The molecule has 0 N–H and O–H groups in total. The SMILES string of the molecule is CC1c2cccc(Cl)c2N=C(c2ccc(OCCOCC(=O)N=O)cc2)N1C. The van der Waals surface area contributed by atoms with Crippen molar-refractivity contribution in [3.8, 4) is 5.75 Å². The molecule has 8 heteroatoms. The summed E-state index contributed by atoms with van der Waals surface area (Å²) in [5.41, 5.74) is 2.86. The van der Waals surface area contributed by atoms with E-state index < -0.39 is 5.91 Å². The summed E-state index contributed by atoms with van der Waals surface area (Å²) in [6.45, 7) is 2.23. The van der Waals surface area contributed by atoms with Crippen molar-refractivity contribution < 1.29 is 14.3 Å². The Morgan fingerprint density at radius 3 is 2.68 bits per heavy atom. The average Bonchev–Trinajstić information content (AvgIpc) is 2.71. The first-order valence-corrected chi connectivity index (χ1v) is 9.16. The highest BCUT2D eigenvalue weighted by Crippen LogP contribution is 2.39. The third-order valence-corrected chi connectivity index (χ3v) is 4.84. The van der Waals surface area contributed by atoms with Gasteiger partial charge in [-0.3, -0.25) is 4.79 Å². The molecule has 146 valence electrons. The lowest BCUT2D eigenvalue weighted by Crippen LogP contribution is -2.33. The maximum absolute atomic E-state index is 10.7. The predicted octanol–water partition coefficient (Wildman–Crippen LogP) is 4.11. The maximum atomic E-state index is 10.7. The van der Waals surface area contributed by atoms with E-state index in [4.69, 9.17) is 26.1 Å². The van der Waals surface area contributed by atoms with Gasteiger partial charge in [-0.15, -0.1) is 4.91 Å². The summed E-state index contributed by atoms with van der Waals surface area (Å²) in [6.07, 6.45) is 0. The summed E-state index contributed by atoms with van der Waals surface area (Å²) < 4.78 is 10.6. The molecule has 2 aromatic rings. The van der Waals surface area contributed by atoms with E-state index in [1.807, 2.05) is 49.5 Å². The molecule has 1 amide bonds. The van der Waals surface area contributed by atoms with Crippen LogP contribution >= 0.6 is 11.6 Å². The van der Waals surface area contributed by atoms with Gasteiger partial charge in [-0.1, -0.05) is 23.7 Å². The molecule has 0 spiro atoms. The second kappa shape index (κ2) is 8.95. The molecule has 0 bridgehead atoms. The number of rotatable bonds is 7. The molecule has 0 saturated heterocycles. The summed E-state index contributed by atoms with van der Waals surface area (Å²) in [7, 11) is 2.00. The number of fused-ring (bicyclic) bond motifs is 1. The standard InChI is InChI=1S/C20H20ClN3O4/c1-13-16-4-3-5-17(21)19(16)22-20(24(13)2)14-6-8-15(9-7-14)28-11-10-27-12-18(25)23-26/h3-9,13H,10-12H2,1-2H3. The fourth-order valence-corrected chi connectivity index (χ4v) is 3.16. The molecule has 28 heavy (non-hydrogen) atoms. The van der Waals surface area contributed by atoms with E-state index in [9.17, 15) is 9.70 Å². The summed E-state index contributed by atoms with van der Waals surface area (Å²) in [5.74, 6) is 0.665. The molecular weight excluding hydrogens is 382 g/mol. The molecule has 0 aromatic heterocycles. The number of nitrogens with zero attached hydrogens (tertiary/aromatic N) is 3. The summed E-state index contributed by atoms with van der Waals surface area (Å²) in [5, 5.41) is 2.89. The van der Waals surface area contributed by atoms with Crippen molar-refractivity contribution >= 4 is 29.0 Å². The first-order chi connectivity index (χ1) is 13.5. The number of aliphatic imine (C=N–C) groups is 1. The Morgan fingerprint density at radius 2 is 1.96 bits per heavy atom. The molecule has 1 unspecified atom stereocenters. The van der Waals surface area contributed by atoms with Crippen LogP contribution in [0.5, 0.6) is 5.75 Å². The number of amidine groups is 1. The number of ether oxygens (including phenoxy) is 2. The molecule has 1 atom stereocenters. The number of nitroso groups, excluding NO2 is 1. The van der Waals surface area contributed by atoms with E-state index >= 15 is 0 Å². The first kappa shape index (κ1) is 20.0. The van der Waals surface area contributed by atoms with Gasteiger partial charge in [-0.25, -0.2) is 4.99 Å². The smallest absolute Gasteiger partial charge is 0.311 e. The van der Waals surface area contributed by atoms with Crippen LogP contribution in [-0.4, -0.2) is 43.5 Å². The Hall–Kier alpha value is -2.77. The van der Waals surface area contributed by atoms with Gasteiger partial charge in [0.1, 0.15) is 24.8 Å². The van der Waals surface area contributed by atoms with Gasteiger partial charge in [0.25, 0.3) is 0 Å². The molecule has 1 heterocycles. The van der Waals surface area contributed by atoms with Crippen LogP contribution in [0.4, 0.5) is 5.69 Å². The zero-order valence-corrected chi connectivity index (χ0v) is 16.3. The lowest BCUT2D eigenvalue weighted by Gasteiger charge is -2.33. The van der Waals surface area contributed by atoms with Gasteiger partial charge < -0.3 is 14.4 Å². The maximum Gasteiger partial charge on any atom is 0.311 e. The molecule has 1 aliphatic heterocycles. The zero-order valence-electron chi connectivity index (χ0n) is 15.6. The third kappa shape index (κ3) is 4.37. The molecule has 0 fully saturated rings. The van der Waals surface area contributed by atoms with Gasteiger partial charge in [0.2, 0.25) is 0 Å². The molecule has 0 radical (unpaired) electrons. The van der Waals surface area contributed by atoms with Crippen LogP contribution in [0.2, 0.25) is 5.02 Å². The average molecular weight is 402 g/mol. The first-order valence-electron chi connectivity index (χ1n) is 8.78. The largest absolute Gasteiger partial charge is 0.491 e. The van der Waals surface area contributed by atoms with Crippen LogP contribution in [0, 0.1) is 4.91 Å². The molecule has 0 aliphatic carbocycles. The number of hydrogen-bond acceptors (Lipinski definition) is 6. The molecule has 1 aliphatic rings. The van der Waals surface area contributed by atoms with Crippen molar-refractivity contribution in [2.24, 2.45) is 10.2 Å². The van der Waals surface area contributed by atoms with Crippen molar-refractivity contribution in [3.05, 3.63) is 63.5 Å². The number of halogens is 1. The van der Waals surface area contributed by atoms with Crippen LogP contribution in [0.1, 0.15) is 24.1 Å². The minimum atomic E-state index is -0.836. The van der Waals surface area contributed by atoms with E-state index in [1.165, 1.54) is 0 Å². The van der Waals surface area contributed by atoms with E-state index in [2.05, 4.69) is 17.0 Å². The van der Waals surface area contributed by atoms with Gasteiger partial charge in [0.05, 0.1) is 23.4 Å². The monoisotopic (exact) mass is 401 g/mol. The highest BCUT2D eigenvalue weighted by atomic mass is 35.5. The Labute approximate surface area is 167 Å². The van der Waals surface area contributed by atoms with Crippen molar-refractivity contribution in [3.63, 3.8) is 0 Å². The summed E-state index contributed by atoms with van der Waals surface area (Å²) in [4.78, 5) is 27.5. The van der Waals surface area contributed by atoms with Gasteiger partial charge in [0, 0.05) is 23.4 Å². The third-order valence-electron chi connectivity index (χ3n) is 4.54. The van der Waals surface area contributed by atoms with Crippen LogP contribution in [0.25, 0.3) is 0 Å². The number of amides is 1. The van der Waals surface area contributed by atoms with E-state index in [0.717, 1.165) is 22.6 Å². The number of para-hydroxylation sites is 1. The van der Waals surface area contributed by atoms with Crippen LogP contribution < -0.4 is 4.74 Å². The molecule has 3 rings (SSSR count). The fourth-order valence-electron chi connectivity index (χ4n) is 2.94. The van der Waals surface area contributed by atoms with Crippen LogP contribution in [0.3, 0.4) is 0 Å². The molecule has 2 aromatic carbocycles. The number of hydrogen-bond donors (Lipinski definition) is 0. The lowest BCUT2D eigenvalue weighted by atomic mass is 10.0. The van der Waals surface area contributed by atoms with E-state index in [-0.39, 0.29) is 25.9 Å². The zero-order chi connectivity index (χ0) is 20.1. The molecular formula is C20H20ClN3O4. The number of carbonyl (C=O) groups is 1. The summed E-state index contributed by atoms with van der Waals surface area (Å²) in [6, 6.07) is 13.5. The number of benzene rings is 2. The predicted molar refractivity (Wildman–Crippen MR) is 107 cm³/mol. The minimum absolute atomic E-state index is 0.151. The van der Waals surface area contributed by atoms with Gasteiger partial charge in [-0.2, -0.15) is 0 Å². The molecule has 7 nitrogen and oxygen atoms in total. The minimum Gasteiger partial charge on any atom is -0.491 e. The Kier molecular flexibility index (Phi) is 6.38. The van der Waals surface area contributed by atoms with Gasteiger partial charge in [-0.05, 0) is 37.3 Å². The van der Waals surface area contributed by atoms with Crippen molar-refractivity contribution in [2.45, 2.75) is 13.0 Å². The quantitative estimate of drug-likeness (QED) is 0.515. The second-order valence-electron chi connectivity index (χ2n) is 6.31. The van der Waals surface area contributed by atoms with Gasteiger partial charge in [0.15, 0.2) is 0 Å². The highest BCUT2D eigenvalue weighted by Gasteiger charge is 2.26. The van der Waals surface area contributed by atoms with E-state index in [1.54, 1.807) is 0 Å². The van der Waals surface area contributed by atoms with E-state index in [0.29, 0.717) is 10.8 Å². The molecule has 0 saturated carbocycles. The van der Waals surface area contributed by atoms with Crippen molar-refractivity contribution in [2.75, 3.05) is 26.9 Å². The Bertz CT molecular complexity index is 899. The van der Waals surface area contributed by atoms with Crippen molar-refractivity contribution in [1.82, 2.24) is 4.90 Å². The second-order valence-corrected chi connectivity index (χ2v) is 6.72. The Balaban J connectivity index is 1.67. The normalized spacial score (nSPS) is 15.6. The topological polar surface area (TPSA) is 80.6 Å². The lowest BCUT2D eigenvalue weighted by molar-refractivity contribution is -0.122.